The lowest BCUT2D eigenvalue weighted by Gasteiger charge is -2.36. The minimum atomic E-state index is -0.827. The molecule has 17 heavy (non-hydrogen) atoms. The van der Waals surface area contributed by atoms with E-state index >= 15 is 0 Å². The third-order valence-corrected chi connectivity index (χ3v) is 3.11. The zero-order chi connectivity index (χ0) is 11.8. The first-order valence-corrected chi connectivity index (χ1v) is 5.44. The molecule has 6 heteroatoms. The predicted molar refractivity (Wildman–Crippen MR) is 68.1 cm³/mol. The van der Waals surface area contributed by atoms with Crippen LogP contribution < -0.4 is 11.1 Å². The Morgan fingerprint density at radius 3 is 2.59 bits per heavy atom. The molecule has 0 aromatic heterocycles. The second kappa shape index (κ2) is 5.21. The van der Waals surface area contributed by atoms with E-state index in [1.54, 1.807) is 0 Å². The van der Waals surface area contributed by atoms with Crippen LogP contribution in [-0.2, 0) is 4.79 Å². The Labute approximate surface area is 110 Å². The summed E-state index contributed by atoms with van der Waals surface area (Å²) in [5.74, 6) is -0.885. The van der Waals surface area contributed by atoms with Crippen LogP contribution >= 0.6 is 24.0 Å². The Balaban J connectivity index is 0.00000144. The van der Waals surface area contributed by atoms with E-state index in [2.05, 4.69) is 5.32 Å². The average Bonchev–Trinajstić information content (AvgIpc) is 2.18. The summed E-state index contributed by atoms with van der Waals surface area (Å²) in [5.41, 5.74) is 5.10. The van der Waals surface area contributed by atoms with Crippen LogP contribution in [-0.4, -0.2) is 11.4 Å². The molecule has 3 N–H and O–H groups in total. The minimum absolute atomic E-state index is 0. The van der Waals surface area contributed by atoms with E-state index in [-0.39, 0.29) is 24.0 Å². The van der Waals surface area contributed by atoms with E-state index in [4.69, 9.17) is 17.3 Å². The maximum atomic E-state index is 13.4. The summed E-state index contributed by atoms with van der Waals surface area (Å²) in [6.07, 6.45) is 2.23. The average molecular weight is 279 g/mol. The van der Waals surface area contributed by atoms with Gasteiger partial charge in [-0.05, 0) is 37.5 Å². The highest BCUT2D eigenvalue weighted by Crippen LogP contribution is 2.30. The van der Waals surface area contributed by atoms with Gasteiger partial charge in [0.15, 0.2) is 0 Å². The van der Waals surface area contributed by atoms with Crippen molar-refractivity contribution < 1.29 is 9.18 Å². The number of carbonyl (C=O) groups excluding carboxylic acids is 1. The van der Waals surface area contributed by atoms with Gasteiger partial charge in [-0.1, -0.05) is 11.6 Å². The number of benzene rings is 1. The van der Waals surface area contributed by atoms with Crippen molar-refractivity contribution in [1.29, 1.82) is 0 Å². The molecule has 1 amide bonds. The van der Waals surface area contributed by atoms with Gasteiger partial charge in [-0.2, -0.15) is 0 Å². The second-order valence-corrected chi connectivity index (χ2v) is 4.52. The number of anilines is 1. The first-order valence-electron chi connectivity index (χ1n) is 5.07. The van der Waals surface area contributed by atoms with Gasteiger partial charge in [-0.3, -0.25) is 4.79 Å². The van der Waals surface area contributed by atoms with Gasteiger partial charge < -0.3 is 11.1 Å². The highest BCUT2D eigenvalue weighted by atomic mass is 35.5. The van der Waals surface area contributed by atoms with Crippen LogP contribution in [0.5, 0.6) is 0 Å². The predicted octanol–water partition coefficient (Wildman–Crippen LogP) is 2.72. The van der Waals surface area contributed by atoms with Crippen molar-refractivity contribution in [2.75, 3.05) is 5.32 Å². The maximum absolute atomic E-state index is 13.4. The normalized spacial score (nSPS) is 16.6. The fraction of sp³-hybridized carbons (Fsp3) is 0.364. The number of rotatable bonds is 2. The molecule has 0 bridgehead atoms. The van der Waals surface area contributed by atoms with Gasteiger partial charge in [0, 0.05) is 5.02 Å². The molecule has 0 heterocycles. The number of halogens is 3. The lowest BCUT2D eigenvalue weighted by molar-refractivity contribution is -0.123. The fourth-order valence-corrected chi connectivity index (χ4v) is 1.78. The van der Waals surface area contributed by atoms with Gasteiger partial charge >= 0.3 is 0 Å². The summed E-state index contributed by atoms with van der Waals surface area (Å²) in [4.78, 5) is 11.7. The van der Waals surface area contributed by atoms with Gasteiger partial charge in [0.1, 0.15) is 5.82 Å². The lowest BCUT2D eigenvalue weighted by atomic mass is 9.77. The Hall–Kier alpha value is -0.840. The summed E-state index contributed by atoms with van der Waals surface area (Å²) >= 11 is 5.60. The van der Waals surface area contributed by atoms with Crippen molar-refractivity contribution in [2.24, 2.45) is 5.73 Å². The molecular formula is C11H13Cl2FN2O. The number of carbonyl (C=O) groups is 1. The van der Waals surface area contributed by atoms with Crippen molar-refractivity contribution in [3.05, 3.63) is 29.0 Å². The van der Waals surface area contributed by atoms with Gasteiger partial charge in [-0.25, -0.2) is 4.39 Å². The fourth-order valence-electron chi connectivity index (χ4n) is 1.62. The molecule has 1 aromatic rings. The van der Waals surface area contributed by atoms with Crippen LogP contribution in [0.2, 0.25) is 5.02 Å². The Bertz CT molecular complexity index is 435. The number of amides is 1. The zero-order valence-electron chi connectivity index (χ0n) is 9.00. The number of hydrogen-bond acceptors (Lipinski definition) is 2. The summed E-state index contributed by atoms with van der Waals surface area (Å²) < 4.78 is 13.4. The van der Waals surface area contributed by atoms with Crippen LogP contribution in [0, 0.1) is 5.82 Å². The van der Waals surface area contributed by atoms with E-state index < -0.39 is 11.4 Å². The highest BCUT2D eigenvalue weighted by Gasteiger charge is 2.40. The van der Waals surface area contributed by atoms with Crippen LogP contribution in [0.1, 0.15) is 19.3 Å². The van der Waals surface area contributed by atoms with Gasteiger partial charge in [0.2, 0.25) is 5.91 Å². The lowest BCUT2D eigenvalue weighted by Crippen LogP contribution is -2.56. The third kappa shape index (κ3) is 2.89. The van der Waals surface area contributed by atoms with Crippen molar-refractivity contribution >= 4 is 35.6 Å². The molecule has 94 valence electrons. The SMILES string of the molecule is Cl.NC1(C(=O)Nc2ccc(Cl)cc2F)CCC1. The molecule has 0 spiro atoms. The Kier molecular flexibility index (Phi) is 4.36. The minimum Gasteiger partial charge on any atom is -0.322 e. The van der Waals surface area contributed by atoms with Crippen LogP contribution in [0.15, 0.2) is 18.2 Å². The van der Waals surface area contributed by atoms with E-state index in [0.717, 1.165) is 12.5 Å². The van der Waals surface area contributed by atoms with Gasteiger partial charge in [0.25, 0.3) is 0 Å². The molecule has 3 nitrogen and oxygen atoms in total. The molecule has 0 atom stereocenters. The molecule has 1 aromatic carbocycles. The second-order valence-electron chi connectivity index (χ2n) is 4.09. The summed E-state index contributed by atoms with van der Waals surface area (Å²) in [7, 11) is 0. The number of hydrogen-bond donors (Lipinski definition) is 2. The third-order valence-electron chi connectivity index (χ3n) is 2.88. The Morgan fingerprint density at radius 1 is 1.47 bits per heavy atom. The molecule has 2 rings (SSSR count). The molecular weight excluding hydrogens is 266 g/mol. The molecule has 0 aliphatic heterocycles. The molecule has 1 saturated carbocycles. The smallest absolute Gasteiger partial charge is 0.244 e. The summed E-state index contributed by atoms with van der Waals surface area (Å²) in [6, 6.07) is 4.10. The first kappa shape index (κ1) is 14.2. The number of nitrogens with one attached hydrogen (secondary N) is 1. The molecule has 1 aliphatic rings. The molecule has 0 unspecified atom stereocenters. The van der Waals surface area contributed by atoms with Crippen molar-refractivity contribution in [3.63, 3.8) is 0 Å². The maximum Gasteiger partial charge on any atom is 0.244 e. The molecule has 1 aliphatic carbocycles. The van der Waals surface area contributed by atoms with Gasteiger partial charge in [-0.15, -0.1) is 12.4 Å². The topological polar surface area (TPSA) is 55.1 Å². The standard InChI is InChI=1S/C11H12ClFN2O.ClH/c12-7-2-3-9(8(13)6-7)15-10(16)11(14)4-1-5-11;/h2-3,6H,1,4-5,14H2,(H,15,16);1H. The van der Waals surface area contributed by atoms with Gasteiger partial charge in [0.05, 0.1) is 11.2 Å². The van der Waals surface area contributed by atoms with Crippen molar-refractivity contribution in [2.45, 2.75) is 24.8 Å². The monoisotopic (exact) mass is 278 g/mol. The van der Waals surface area contributed by atoms with E-state index in [9.17, 15) is 9.18 Å². The Morgan fingerprint density at radius 2 is 2.12 bits per heavy atom. The van der Waals surface area contributed by atoms with Crippen LogP contribution in [0.4, 0.5) is 10.1 Å². The zero-order valence-corrected chi connectivity index (χ0v) is 10.6. The highest BCUT2D eigenvalue weighted by molar-refractivity contribution is 6.30. The van der Waals surface area contributed by atoms with E-state index in [1.165, 1.54) is 12.1 Å². The molecule has 1 fully saturated rings. The van der Waals surface area contributed by atoms with Crippen LogP contribution in [0.25, 0.3) is 0 Å². The summed E-state index contributed by atoms with van der Waals surface area (Å²) in [6.45, 7) is 0. The summed E-state index contributed by atoms with van der Waals surface area (Å²) in [5, 5.41) is 2.78. The van der Waals surface area contributed by atoms with E-state index in [0.29, 0.717) is 17.9 Å². The number of nitrogens with two attached hydrogens (primary N) is 1. The van der Waals surface area contributed by atoms with Crippen molar-refractivity contribution in [3.8, 4) is 0 Å². The van der Waals surface area contributed by atoms with Crippen LogP contribution in [0.3, 0.4) is 0 Å². The molecule has 0 radical (unpaired) electrons. The van der Waals surface area contributed by atoms with Crippen molar-refractivity contribution in [1.82, 2.24) is 0 Å². The first-order chi connectivity index (χ1) is 7.51. The molecule has 0 saturated heterocycles. The van der Waals surface area contributed by atoms with E-state index in [1.807, 2.05) is 0 Å². The largest absolute Gasteiger partial charge is 0.322 e. The quantitative estimate of drug-likeness (QED) is 0.874.